The third-order valence-corrected chi connectivity index (χ3v) is 2.79. The molecule has 1 aromatic heterocycles. The van der Waals surface area contributed by atoms with Gasteiger partial charge in [0, 0.05) is 12.4 Å². The molecule has 0 bridgehead atoms. The van der Waals surface area contributed by atoms with Crippen molar-refractivity contribution in [3.8, 4) is 5.69 Å². The number of nitrogens with zero attached hydrogens (tertiary/aromatic N) is 2. The van der Waals surface area contributed by atoms with Crippen LogP contribution in [-0.2, 0) is 11.2 Å². The van der Waals surface area contributed by atoms with Gasteiger partial charge in [-0.25, -0.2) is 4.68 Å². The van der Waals surface area contributed by atoms with Crippen molar-refractivity contribution in [2.45, 2.75) is 12.5 Å². The van der Waals surface area contributed by atoms with Crippen LogP contribution in [0.15, 0.2) is 42.7 Å². The molecular formula is C13H15N3O2. The SMILES string of the molecule is CN[C@@H](Cc1ccc(-n2cccn2)cc1)C(=O)O. The molecular weight excluding hydrogens is 230 g/mol. The largest absolute Gasteiger partial charge is 0.480 e. The van der Waals surface area contributed by atoms with Crippen LogP contribution in [0.5, 0.6) is 0 Å². The van der Waals surface area contributed by atoms with Crippen molar-refractivity contribution in [1.82, 2.24) is 15.1 Å². The number of benzene rings is 1. The minimum atomic E-state index is -0.839. The van der Waals surface area contributed by atoms with Gasteiger partial charge in [0.2, 0.25) is 0 Å². The molecule has 0 saturated heterocycles. The molecule has 1 atom stereocenters. The van der Waals surface area contributed by atoms with E-state index in [1.165, 1.54) is 0 Å². The second-order valence-corrected chi connectivity index (χ2v) is 4.00. The van der Waals surface area contributed by atoms with Crippen LogP contribution in [-0.4, -0.2) is 33.9 Å². The highest BCUT2D eigenvalue weighted by molar-refractivity contribution is 5.73. The Bertz CT molecular complexity index is 506. The van der Waals surface area contributed by atoms with Gasteiger partial charge in [-0.3, -0.25) is 4.79 Å². The molecule has 5 nitrogen and oxygen atoms in total. The van der Waals surface area contributed by atoms with E-state index in [4.69, 9.17) is 5.11 Å². The molecule has 0 aliphatic rings. The van der Waals surface area contributed by atoms with Crippen molar-refractivity contribution in [2.24, 2.45) is 0 Å². The Labute approximate surface area is 105 Å². The van der Waals surface area contributed by atoms with Gasteiger partial charge in [0.15, 0.2) is 0 Å². The molecule has 2 aromatic rings. The number of nitrogens with one attached hydrogen (secondary N) is 1. The maximum Gasteiger partial charge on any atom is 0.321 e. The molecule has 1 aromatic carbocycles. The molecule has 2 rings (SSSR count). The molecule has 0 radical (unpaired) electrons. The first-order valence-electron chi connectivity index (χ1n) is 5.69. The molecule has 0 aliphatic heterocycles. The summed E-state index contributed by atoms with van der Waals surface area (Å²) < 4.78 is 1.76. The Morgan fingerprint density at radius 3 is 2.67 bits per heavy atom. The quantitative estimate of drug-likeness (QED) is 0.827. The standard InChI is InChI=1S/C13H15N3O2/c1-14-12(13(17)18)9-10-3-5-11(6-4-10)16-8-2-7-15-16/h2-8,12,14H,9H2,1H3,(H,17,18)/t12-/m0/s1. The Hall–Kier alpha value is -2.14. The molecule has 5 heteroatoms. The van der Waals surface area contributed by atoms with Gasteiger partial charge in [0.05, 0.1) is 5.69 Å². The van der Waals surface area contributed by atoms with E-state index >= 15 is 0 Å². The van der Waals surface area contributed by atoms with Gasteiger partial charge in [-0.1, -0.05) is 12.1 Å². The van der Waals surface area contributed by atoms with E-state index in [0.717, 1.165) is 11.3 Å². The summed E-state index contributed by atoms with van der Waals surface area (Å²) in [5.74, 6) is -0.839. The third-order valence-electron chi connectivity index (χ3n) is 2.79. The molecule has 0 fully saturated rings. The number of aromatic nitrogens is 2. The van der Waals surface area contributed by atoms with E-state index in [2.05, 4.69) is 10.4 Å². The van der Waals surface area contributed by atoms with Crippen LogP contribution in [0.2, 0.25) is 0 Å². The van der Waals surface area contributed by atoms with Crippen LogP contribution in [0.4, 0.5) is 0 Å². The molecule has 18 heavy (non-hydrogen) atoms. The minimum absolute atomic E-state index is 0.464. The van der Waals surface area contributed by atoms with Gasteiger partial charge in [0.1, 0.15) is 6.04 Å². The van der Waals surface area contributed by atoms with Crippen LogP contribution < -0.4 is 5.32 Å². The predicted octanol–water partition coefficient (Wildman–Crippen LogP) is 1.09. The van der Waals surface area contributed by atoms with E-state index in [9.17, 15) is 4.79 Å². The monoisotopic (exact) mass is 245 g/mol. The Morgan fingerprint density at radius 2 is 2.17 bits per heavy atom. The fourth-order valence-corrected chi connectivity index (χ4v) is 1.75. The smallest absolute Gasteiger partial charge is 0.321 e. The molecule has 94 valence electrons. The lowest BCUT2D eigenvalue weighted by atomic mass is 10.1. The normalized spacial score (nSPS) is 12.3. The summed E-state index contributed by atoms with van der Waals surface area (Å²) in [4.78, 5) is 10.9. The second-order valence-electron chi connectivity index (χ2n) is 4.00. The Morgan fingerprint density at radius 1 is 1.44 bits per heavy atom. The number of hydrogen-bond donors (Lipinski definition) is 2. The van der Waals surface area contributed by atoms with Crippen molar-refractivity contribution in [3.63, 3.8) is 0 Å². The first-order chi connectivity index (χ1) is 8.70. The molecule has 2 N–H and O–H groups in total. The number of carboxylic acid groups (broad SMARTS) is 1. The molecule has 0 aliphatic carbocycles. The first kappa shape index (κ1) is 12.3. The zero-order chi connectivity index (χ0) is 13.0. The number of carboxylic acids is 1. The lowest BCUT2D eigenvalue weighted by Gasteiger charge is -2.11. The van der Waals surface area contributed by atoms with Crippen molar-refractivity contribution in [1.29, 1.82) is 0 Å². The lowest BCUT2D eigenvalue weighted by Crippen LogP contribution is -2.35. The second kappa shape index (κ2) is 5.46. The zero-order valence-electron chi connectivity index (χ0n) is 10.1. The highest BCUT2D eigenvalue weighted by Gasteiger charge is 2.14. The maximum absolute atomic E-state index is 10.9. The van der Waals surface area contributed by atoms with Crippen LogP contribution in [0, 0.1) is 0 Å². The number of aliphatic carboxylic acids is 1. The maximum atomic E-state index is 10.9. The Balaban J connectivity index is 2.10. The highest BCUT2D eigenvalue weighted by atomic mass is 16.4. The fraction of sp³-hybridized carbons (Fsp3) is 0.231. The summed E-state index contributed by atoms with van der Waals surface area (Å²) in [5, 5.41) is 15.9. The summed E-state index contributed by atoms with van der Waals surface area (Å²) in [5.41, 5.74) is 1.94. The molecule has 1 heterocycles. The van der Waals surface area contributed by atoms with Crippen LogP contribution in [0.1, 0.15) is 5.56 Å². The summed E-state index contributed by atoms with van der Waals surface area (Å²) in [7, 11) is 1.65. The summed E-state index contributed by atoms with van der Waals surface area (Å²) >= 11 is 0. The van der Waals surface area contributed by atoms with Crippen molar-refractivity contribution >= 4 is 5.97 Å². The van der Waals surface area contributed by atoms with Gasteiger partial charge in [-0.15, -0.1) is 0 Å². The van der Waals surface area contributed by atoms with Crippen molar-refractivity contribution in [2.75, 3.05) is 7.05 Å². The van der Waals surface area contributed by atoms with Gasteiger partial charge in [-0.2, -0.15) is 5.10 Å². The number of rotatable bonds is 5. The summed E-state index contributed by atoms with van der Waals surface area (Å²) in [6.07, 6.45) is 4.04. The van der Waals surface area contributed by atoms with Gasteiger partial charge in [-0.05, 0) is 37.2 Å². The van der Waals surface area contributed by atoms with Gasteiger partial charge >= 0.3 is 5.97 Å². The molecule has 0 amide bonds. The topological polar surface area (TPSA) is 67.2 Å². The third kappa shape index (κ3) is 2.75. The summed E-state index contributed by atoms with van der Waals surface area (Å²) in [6.45, 7) is 0. The Kier molecular flexibility index (Phi) is 3.74. The summed E-state index contributed by atoms with van der Waals surface area (Å²) in [6, 6.07) is 9.00. The van der Waals surface area contributed by atoms with E-state index < -0.39 is 12.0 Å². The van der Waals surface area contributed by atoms with E-state index in [1.54, 1.807) is 17.9 Å². The van der Waals surface area contributed by atoms with Crippen LogP contribution >= 0.6 is 0 Å². The average molecular weight is 245 g/mol. The molecule has 0 spiro atoms. The van der Waals surface area contributed by atoms with Gasteiger partial charge < -0.3 is 10.4 Å². The molecule has 0 saturated carbocycles. The predicted molar refractivity (Wildman–Crippen MR) is 67.8 cm³/mol. The molecule has 0 unspecified atom stereocenters. The van der Waals surface area contributed by atoms with Crippen LogP contribution in [0.3, 0.4) is 0 Å². The van der Waals surface area contributed by atoms with E-state index in [1.807, 2.05) is 36.5 Å². The fourth-order valence-electron chi connectivity index (χ4n) is 1.75. The number of likely N-dealkylation sites (N-methyl/N-ethyl adjacent to an activating group) is 1. The van der Waals surface area contributed by atoms with Gasteiger partial charge in [0.25, 0.3) is 0 Å². The number of hydrogen-bond acceptors (Lipinski definition) is 3. The van der Waals surface area contributed by atoms with Crippen molar-refractivity contribution < 1.29 is 9.90 Å². The van der Waals surface area contributed by atoms with E-state index in [0.29, 0.717) is 6.42 Å². The van der Waals surface area contributed by atoms with Crippen molar-refractivity contribution in [3.05, 3.63) is 48.3 Å². The zero-order valence-corrected chi connectivity index (χ0v) is 10.1. The highest BCUT2D eigenvalue weighted by Crippen LogP contribution is 2.10. The van der Waals surface area contributed by atoms with Crippen LogP contribution in [0.25, 0.3) is 5.69 Å². The average Bonchev–Trinajstić information content (AvgIpc) is 2.90. The lowest BCUT2D eigenvalue weighted by molar-refractivity contribution is -0.139. The minimum Gasteiger partial charge on any atom is -0.480 e. The van der Waals surface area contributed by atoms with E-state index in [-0.39, 0.29) is 0 Å². The first-order valence-corrected chi connectivity index (χ1v) is 5.69. The number of carbonyl (C=O) groups is 1.